The van der Waals surface area contributed by atoms with E-state index in [0.29, 0.717) is 27.4 Å². The molecular weight excluding hydrogens is 378 g/mol. The number of nitrogens with one attached hydrogen (secondary N) is 1. The van der Waals surface area contributed by atoms with Crippen molar-refractivity contribution in [3.05, 3.63) is 52.3 Å². The summed E-state index contributed by atoms with van der Waals surface area (Å²) in [6.07, 6.45) is 0. The number of aromatic nitrogens is 3. The first-order valence-electron chi connectivity index (χ1n) is 7.68. The van der Waals surface area contributed by atoms with E-state index < -0.39 is 17.2 Å². The van der Waals surface area contributed by atoms with Gasteiger partial charge in [-0.3, -0.25) is 4.79 Å². The molecule has 0 fully saturated rings. The molecule has 0 aliphatic heterocycles. The van der Waals surface area contributed by atoms with Crippen LogP contribution >= 0.6 is 11.3 Å². The van der Waals surface area contributed by atoms with Crippen molar-refractivity contribution in [1.82, 2.24) is 14.6 Å². The molecule has 0 atom stereocenters. The Bertz CT molecular complexity index is 1240. The van der Waals surface area contributed by atoms with Gasteiger partial charge in [0.25, 0.3) is 5.56 Å². The zero-order valence-corrected chi connectivity index (χ0v) is 14.9. The van der Waals surface area contributed by atoms with Crippen LogP contribution in [0.25, 0.3) is 15.9 Å². The first kappa shape index (κ1) is 17.2. The van der Waals surface area contributed by atoms with Crippen molar-refractivity contribution in [2.45, 2.75) is 0 Å². The maximum Gasteiger partial charge on any atom is 0.283 e. The van der Waals surface area contributed by atoms with E-state index >= 15 is 0 Å². The second kappa shape index (κ2) is 6.47. The van der Waals surface area contributed by atoms with Crippen LogP contribution in [0.1, 0.15) is 0 Å². The average molecular weight is 390 g/mol. The number of fused-ring (bicyclic) bond motifs is 2. The van der Waals surface area contributed by atoms with E-state index in [-0.39, 0.29) is 10.8 Å². The maximum atomic E-state index is 13.8. The van der Waals surface area contributed by atoms with E-state index in [1.165, 1.54) is 20.3 Å². The van der Waals surface area contributed by atoms with E-state index in [2.05, 4.69) is 15.4 Å². The molecule has 2 aromatic carbocycles. The summed E-state index contributed by atoms with van der Waals surface area (Å²) in [7, 11) is 2.95. The number of benzene rings is 2. The summed E-state index contributed by atoms with van der Waals surface area (Å²) < 4.78 is 38.7. The standard InChI is InChI=1S/C17H12F2N4O3S/c1-25-13-6-9-11(7-14(13)26-2)21-17-23(15(9)24)22-16(27-17)20-12-5-8(18)3-4-10(12)19/h3-7H,1-2H3,(H,20,22). The van der Waals surface area contributed by atoms with Crippen LogP contribution in [0.3, 0.4) is 0 Å². The Kier molecular flexibility index (Phi) is 4.11. The smallest absolute Gasteiger partial charge is 0.283 e. The molecule has 0 radical (unpaired) electrons. The maximum absolute atomic E-state index is 13.8. The number of nitrogens with zero attached hydrogens (tertiary/aromatic N) is 3. The third kappa shape index (κ3) is 2.93. The van der Waals surface area contributed by atoms with E-state index in [1.54, 1.807) is 6.07 Å². The highest BCUT2D eigenvalue weighted by Crippen LogP contribution is 2.31. The highest BCUT2D eigenvalue weighted by Gasteiger charge is 2.15. The zero-order valence-electron chi connectivity index (χ0n) is 14.1. The predicted octanol–water partition coefficient (Wildman–Crippen LogP) is 3.34. The Labute approximate surface area is 154 Å². The van der Waals surface area contributed by atoms with Gasteiger partial charge in [0.1, 0.15) is 11.6 Å². The molecule has 7 nitrogen and oxygen atoms in total. The molecule has 2 heterocycles. The molecule has 0 amide bonds. The molecule has 0 spiro atoms. The van der Waals surface area contributed by atoms with Crippen molar-refractivity contribution in [2.24, 2.45) is 0 Å². The fourth-order valence-corrected chi connectivity index (χ4v) is 3.40. The van der Waals surface area contributed by atoms with Gasteiger partial charge >= 0.3 is 0 Å². The van der Waals surface area contributed by atoms with Crippen LogP contribution in [0, 0.1) is 11.6 Å². The predicted molar refractivity (Wildman–Crippen MR) is 97.4 cm³/mol. The molecule has 2 aromatic heterocycles. The molecule has 0 unspecified atom stereocenters. The second-order valence-corrected chi connectivity index (χ2v) is 6.45. The largest absolute Gasteiger partial charge is 0.493 e. The lowest BCUT2D eigenvalue weighted by molar-refractivity contribution is 0.355. The van der Waals surface area contributed by atoms with Crippen molar-refractivity contribution < 1.29 is 18.3 Å². The monoisotopic (exact) mass is 390 g/mol. The molecule has 0 aliphatic rings. The normalized spacial score (nSPS) is 11.1. The highest BCUT2D eigenvalue weighted by atomic mass is 32.1. The molecule has 1 N–H and O–H groups in total. The van der Waals surface area contributed by atoms with Crippen LogP contribution in [-0.4, -0.2) is 28.8 Å². The number of ether oxygens (including phenoxy) is 2. The number of anilines is 2. The Balaban J connectivity index is 1.86. The molecule has 10 heteroatoms. The molecule has 0 saturated carbocycles. The van der Waals surface area contributed by atoms with Gasteiger partial charge in [0, 0.05) is 12.1 Å². The lowest BCUT2D eigenvalue weighted by Crippen LogP contribution is -2.15. The van der Waals surface area contributed by atoms with Gasteiger partial charge in [-0.2, -0.15) is 4.52 Å². The zero-order chi connectivity index (χ0) is 19.1. The van der Waals surface area contributed by atoms with Gasteiger partial charge in [-0.15, -0.1) is 5.10 Å². The van der Waals surface area contributed by atoms with Gasteiger partial charge in [0.05, 0.1) is 30.8 Å². The van der Waals surface area contributed by atoms with Crippen LogP contribution < -0.4 is 20.3 Å². The Morgan fingerprint density at radius 1 is 1.11 bits per heavy atom. The topological polar surface area (TPSA) is 77.8 Å². The van der Waals surface area contributed by atoms with E-state index in [4.69, 9.17) is 9.47 Å². The molecule has 4 aromatic rings. The Hall–Kier alpha value is -3.27. The van der Waals surface area contributed by atoms with Crippen LogP contribution in [0.2, 0.25) is 0 Å². The number of hydrogen-bond donors (Lipinski definition) is 1. The summed E-state index contributed by atoms with van der Waals surface area (Å²) in [5.74, 6) is -0.416. The van der Waals surface area contributed by atoms with Gasteiger partial charge in [-0.05, 0) is 18.2 Å². The summed E-state index contributed by atoms with van der Waals surface area (Å²) in [4.78, 5) is 17.4. The fourth-order valence-electron chi connectivity index (χ4n) is 2.59. The van der Waals surface area contributed by atoms with Crippen LogP contribution in [0.15, 0.2) is 35.1 Å². The van der Waals surface area contributed by atoms with Crippen LogP contribution in [-0.2, 0) is 0 Å². The molecule has 27 heavy (non-hydrogen) atoms. The van der Waals surface area contributed by atoms with Crippen molar-refractivity contribution in [3.8, 4) is 11.5 Å². The number of hydrogen-bond acceptors (Lipinski definition) is 7. The van der Waals surface area contributed by atoms with Crippen molar-refractivity contribution in [1.29, 1.82) is 0 Å². The van der Waals surface area contributed by atoms with Gasteiger partial charge in [0.15, 0.2) is 11.5 Å². The third-order valence-electron chi connectivity index (χ3n) is 3.87. The van der Waals surface area contributed by atoms with E-state index in [9.17, 15) is 13.6 Å². The van der Waals surface area contributed by atoms with Crippen molar-refractivity contribution in [2.75, 3.05) is 19.5 Å². The Morgan fingerprint density at radius 3 is 2.59 bits per heavy atom. The summed E-state index contributed by atoms with van der Waals surface area (Å²) in [5.41, 5.74) is -0.0975. The highest BCUT2D eigenvalue weighted by molar-refractivity contribution is 7.20. The van der Waals surface area contributed by atoms with Crippen molar-refractivity contribution in [3.63, 3.8) is 0 Å². The minimum absolute atomic E-state index is 0.0880. The van der Waals surface area contributed by atoms with Gasteiger partial charge in [0.2, 0.25) is 10.1 Å². The van der Waals surface area contributed by atoms with Crippen LogP contribution in [0.4, 0.5) is 19.6 Å². The fraction of sp³-hybridized carbons (Fsp3) is 0.118. The quantitative estimate of drug-likeness (QED) is 0.576. The number of halogens is 2. The lowest BCUT2D eigenvalue weighted by atomic mass is 10.2. The molecular formula is C17H12F2N4O3S. The average Bonchev–Trinajstić information content (AvgIpc) is 3.06. The van der Waals surface area contributed by atoms with Crippen LogP contribution in [0.5, 0.6) is 11.5 Å². The van der Waals surface area contributed by atoms with Crippen molar-refractivity contribution >= 4 is 38.0 Å². The SMILES string of the molecule is COc1cc2nc3sc(Nc4cc(F)ccc4F)nn3c(=O)c2cc1OC. The van der Waals surface area contributed by atoms with E-state index in [0.717, 1.165) is 34.1 Å². The summed E-state index contributed by atoms with van der Waals surface area (Å²) in [5, 5.41) is 7.27. The van der Waals surface area contributed by atoms with E-state index in [1.807, 2.05) is 0 Å². The summed E-state index contributed by atoms with van der Waals surface area (Å²) in [6, 6.07) is 6.13. The third-order valence-corrected chi connectivity index (χ3v) is 4.69. The first-order valence-corrected chi connectivity index (χ1v) is 8.49. The summed E-state index contributed by atoms with van der Waals surface area (Å²) in [6.45, 7) is 0. The second-order valence-electron chi connectivity index (χ2n) is 5.49. The minimum Gasteiger partial charge on any atom is -0.493 e. The van der Waals surface area contributed by atoms with Gasteiger partial charge in [-0.25, -0.2) is 13.8 Å². The Morgan fingerprint density at radius 2 is 1.85 bits per heavy atom. The first-order chi connectivity index (χ1) is 13.0. The molecule has 138 valence electrons. The van der Waals surface area contributed by atoms with Gasteiger partial charge < -0.3 is 14.8 Å². The minimum atomic E-state index is -0.643. The number of rotatable bonds is 4. The molecule has 4 rings (SSSR count). The molecule has 0 saturated heterocycles. The summed E-state index contributed by atoms with van der Waals surface area (Å²) >= 11 is 1.03. The lowest BCUT2D eigenvalue weighted by Gasteiger charge is -2.08. The van der Waals surface area contributed by atoms with Gasteiger partial charge in [-0.1, -0.05) is 11.3 Å². The molecule has 0 bridgehead atoms. The molecule has 0 aliphatic carbocycles. The number of methoxy groups -OCH3 is 2.